The molecule has 15 heavy (non-hydrogen) atoms. The van der Waals surface area contributed by atoms with Gasteiger partial charge in [0.25, 0.3) is 0 Å². The number of hydrogen-bond acceptors (Lipinski definition) is 1. The molecular weight excluding hydrogens is 184 g/mol. The molecule has 1 nitrogen and oxygen atoms in total. The molecule has 0 radical (unpaired) electrons. The fraction of sp³-hybridized carbons (Fsp3) is 0.500. The fourth-order valence-corrected chi connectivity index (χ4v) is 2.44. The molecular formula is C14H18O. The molecule has 0 N–H and O–H groups in total. The summed E-state index contributed by atoms with van der Waals surface area (Å²) in [7, 11) is 0. The van der Waals surface area contributed by atoms with Crippen LogP contribution in [-0.4, -0.2) is 5.78 Å². The first kappa shape index (κ1) is 10.4. The molecule has 1 heteroatoms. The molecule has 0 spiro atoms. The number of fused-ring (bicyclic) bond motifs is 1. The van der Waals surface area contributed by atoms with E-state index in [4.69, 9.17) is 0 Å². The second-order valence-electron chi connectivity index (χ2n) is 4.85. The van der Waals surface area contributed by atoms with E-state index in [2.05, 4.69) is 32.0 Å². The molecule has 1 aliphatic rings. The van der Waals surface area contributed by atoms with Gasteiger partial charge < -0.3 is 0 Å². The zero-order chi connectivity index (χ0) is 10.8. The predicted octanol–water partition coefficient (Wildman–Crippen LogP) is 3.33. The topological polar surface area (TPSA) is 17.1 Å². The summed E-state index contributed by atoms with van der Waals surface area (Å²) in [5, 5.41) is 0. The molecule has 1 aromatic carbocycles. The maximum atomic E-state index is 12.0. The Morgan fingerprint density at radius 2 is 2.13 bits per heavy atom. The van der Waals surface area contributed by atoms with Crippen molar-refractivity contribution >= 4 is 5.78 Å². The summed E-state index contributed by atoms with van der Waals surface area (Å²) in [5.74, 6) is 1.09. The summed E-state index contributed by atoms with van der Waals surface area (Å²) in [4.78, 5) is 12.0. The maximum absolute atomic E-state index is 12.0. The second-order valence-corrected chi connectivity index (χ2v) is 4.85. The smallest absolute Gasteiger partial charge is 0.140 e. The number of benzene rings is 1. The third-order valence-electron chi connectivity index (χ3n) is 3.13. The van der Waals surface area contributed by atoms with Crippen molar-refractivity contribution in [2.75, 3.05) is 0 Å². The summed E-state index contributed by atoms with van der Waals surface area (Å²) >= 11 is 0. The van der Waals surface area contributed by atoms with Crippen LogP contribution in [0.15, 0.2) is 24.3 Å². The number of ketones is 1. The van der Waals surface area contributed by atoms with Crippen LogP contribution >= 0.6 is 0 Å². The van der Waals surface area contributed by atoms with Gasteiger partial charge in [-0.05, 0) is 29.9 Å². The molecule has 1 aliphatic carbocycles. The Kier molecular flexibility index (Phi) is 2.90. The average molecular weight is 202 g/mol. The lowest BCUT2D eigenvalue weighted by atomic mass is 9.91. The highest BCUT2D eigenvalue weighted by atomic mass is 16.1. The van der Waals surface area contributed by atoms with Crippen molar-refractivity contribution in [2.45, 2.75) is 39.0 Å². The van der Waals surface area contributed by atoms with E-state index >= 15 is 0 Å². The summed E-state index contributed by atoms with van der Waals surface area (Å²) in [6, 6.07) is 8.37. The van der Waals surface area contributed by atoms with Crippen LogP contribution in [0.25, 0.3) is 0 Å². The molecule has 1 aromatic rings. The molecule has 80 valence electrons. The Hall–Kier alpha value is -1.11. The van der Waals surface area contributed by atoms with Gasteiger partial charge in [0.05, 0.1) is 0 Å². The molecule has 0 aliphatic heterocycles. The van der Waals surface area contributed by atoms with Crippen LogP contribution in [0.5, 0.6) is 0 Å². The van der Waals surface area contributed by atoms with Crippen LogP contribution in [0.1, 0.15) is 43.7 Å². The maximum Gasteiger partial charge on any atom is 0.140 e. The lowest BCUT2D eigenvalue weighted by Crippen LogP contribution is -2.12. The van der Waals surface area contributed by atoms with Crippen molar-refractivity contribution < 1.29 is 4.79 Å². The van der Waals surface area contributed by atoms with Crippen molar-refractivity contribution in [3.63, 3.8) is 0 Å². The largest absolute Gasteiger partial charge is 0.299 e. The van der Waals surface area contributed by atoms with E-state index in [0.717, 1.165) is 19.3 Å². The number of Topliss-reactive ketones (excluding diaryl/α,β-unsaturated/α-hetero) is 1. The van der Waals surface area contributed by atoms with E-state index in [1.54, 1.807) is 0 Å². The molecule has 1 atom stereocenters. The highest BCUT2D eigenvalue weighted by Crippen LogP contribution is 2.34. The van der Waals surface area contributed by atoms with Gasteiger partial charge >= 0.3 is 0 Å². The minimum Gasteiger partial charge on any atom is -0.299 e. The van der Waals surface area contributed by atoms with Gasteiger partial charge in [0, 0.05) is 12.3 Å². The molecule has 0 aromatic heterocycles. The van der Waals surface area contributed by atoms with Crippen molar-refractivity contribution in [3.8, 4) is 0 Å². The zero-order valence-corrected chi connectivity index (χ0v) is 9.49. The van der Waals surface area contributed by atoms with Crippen LogP contribution < -0.4 is 0 Å². The van der Waals surface area contributed by atoms with Crippen molar-refractivity contribution in [1.82, 2.24) is 0 Å². The Labute approximate surface area is 91.5 Å². The van der Waals surface area contributed by atoms with Crippen molar-refractivity contribution in [2.24, 2.45) is 5.92 Å². The number of carbonyl (C=O) groups is 1. The van der Waals surface area contributed by atoms with Gasteiger partial charge in [-0.25, -0.2) is 0 Å². The Balaban J connectivity index is 2.17. The normalized spacial score (nSPS) is 19.3. The molecule has 0 saturated carbocycles. The second kappa shape index (κ2) is 4.18. The van der Waals surface area contributed by atoms with Crippen molar-refractivity contribution in [1.29, 1.82) is 0 Å². The van der Waals surface area contributed by atoms with E-state index in [1.165, 1.54) is 11.1 Å². The van der Waals surface area contributed by atoms with Crippen LogP contribution in [0.3, 0.4) is 0 Å². The highest BCUT2D eigenvalue weighted by molar-refractivity contribution is 5.87. The van der Waals surface area contributed by atoms with Gasteiger partial charge in [0.15, 0.2) is 0 Å². The van der Waals surface area contributed by atoms with Gasteiger partial charge in [-0.3, -0.25) is 4.79 Å². The van der Waals surface area contributed by atoms with Gasteiger partial charge in [-0.15, -0.1) is 0 Å². The SMILES string of the molecule is CC(C)CC(=O)C1CCc2ccccc21. The van der Waals surface area contributed by atoms with Gasteiger partial charge in [-0.1, -0.05) is 38.1 Å². The molecule has 0 saturated heterocycles. The summed E-state index contributed by atoms with van der Waals surface area (Å²) in [6.45, 7) is 4.22. The van der Waals surface area contributed by atoms with Crippen LogP contribution in [0, 0.1) is 5.92 Å². The lowest BCUT2D eigenvalue weighted by Gasteiger charge is -2.11. The molecule has 0 heterocycles. The predicted molar refractivity (Wildman–Crippen MR) is 62.0 cm³/mol. The first-order valence-corrected chi connectivity index (χ1v) is 5.79. The molecule has 0 bridgehead atoms. The first-order valence-electron chi connectivity index (χ1n) is 5.79. The third kappa shape index (κ3) is 2.11. The molecule has 0 fully saturated rings. The number of carbonyl (C=O) groups excluding carboxylic acids is 1. The molecule has 1 unspecified atom stereocenters. The van der Waals surface area contributed by atoms with Crippen molar-refractivity contribution in [3.05, 3.63) is 35.4 Å². The molecule has 2 rings (SSSR count). The minimum absolute atomic E-state index is 0.184. The summed E-state index contributed by atoms with van der Waals surface area (Å²) in [6.07, 6.45) is 2.81. The third-order valence-corrected chi connectivity index (χ3v) is 3.13. The molecule has 0 amide bonds. The standard InChI is InChI=1S/C14H18O/c1-10(2)9-14(15)13-8-7-11-5-3-4-6-12(11)13/h3-6,10,13H,7-9H2,1-2H3. The Morgan fingerprint density at radius 3 is 2.87 bits per heavy atom. The number of rotatable bonds is 3. The number of hydrogen-bond donors (Lipinski definition) is 0. The van der Waals surface area contributed by atoms with Crippen LogP contribution in [0.2, 0.25) is 0 Å². The van der Waals surface area contributed by atoms with Crippen LogP contribution in [-0.2, 0) is 11.2 Å². The van der Waals surface area contributed by atoms with Crippen LogP contribution in [0.4, 0.5) is 0 Å². The van der Waals surface area contributed by atoms with E-state index in [1.807, 2.05) is 6.07 Å². The lowest BCUT2D eigenvalue weighted by molar-refractivity contribution is -0.121. The zero-order valence-electron chi connectivity index (χ0n) is 9.49. The quantitative estimate of drug-likeness (QED) is 0.734. The van der Waals surface area contributed by atoms with E-state index in [9.17, 15) is 4.79 Å². The monoisotopic (exact) mass is 202 g/mol. The van der Waals surface area contributed by atoms with Gasteiger partial charge in [0.2, 0.25) is 0 Å². The Bertz CT molecular complexity index is 365. The van der Waals surface area contributed by atoms with E-state index < -0.39 is 0 Å². The average Bonchev–Trinajstić information content (AvgIpc) is 2.59. The fourth-order valence-electron chi connectivity index (χ4n) is 2.44. The summed E-state index contributed by atoms with van der Waals surface area (Å²) in [5.41, 5.74) is 2.66. The highest BCUT2D eigenvalue weighted by Gasteiger charge is 2.27. The van der Waals surface area contributed by atoms with E-state index in [-0.39, 0.29) is 5.92 Å². The Morgan fingerprint density at radius 1 is 1.40 bits per heavy atom. The van der Waals surface area contributed by atoms with Gasteiger partial charge in [-0.2, -0.15) is 0 Å². The first-order chi connectivity index (χ1) is 7.18. The minimum atomic E-state index is 0.184. The summed E-state index contributed by atoms with van der Waals surface area (Å²) < 4.78 is 0. The van der Waals surface area contributed by atoms with E-state index in [0.29, 0.717) is 11.7 Å². The van der Waals surface area contributed by atoms with Gasteiger partial charge in [0.1, 0.15) is 5.78 Å². The number of aryl methyl sites for hydroxylation is 1.